The van der Waals surface area contributed by atoms with Gasteiger partial charge in [-0.15, -0.1) is 23.5 Å². The second kappa shape index (κ2) is 10.6. The maximum absolute atomic E-state index is 3.22. The lowest BCUT2D eigenvalue weighted by Crippen LogP contribution is -2.74. The van der Waals surface area contributed by atoms with Crippen LogP contribution in [0.2, 0.25) is 0 Å². The van der Waals surface area contributed by atoms with Crippen LogP contribution in [-0.2, 0) is 0 Å². The summed E-state index contributed by atoms with van der Waals surface area (Å²) in [7, 11) is 0. The van der Waals surface area contributed by atoms with E-state index in [9.17, 15) is 0 Å². The summed E-state index contributed by atoms with van der Waals surface area (Å²) in [6.07, 6.45) is 18.5. The van der Waals surface area contributed by atoms with Gasteiger partial charge in [0, 0.05) is 74.2 Å². The van der Waals surface area contributed by atoms with Crippen molar-refractivity contribution in [2.75, 3.05) is 9.62 Å². The Hall–Kier alpha value is -2.51. The van der Waals surface area contributed by atoms with Crippen molar-refractivity contribution >= 4 is 59.9 Å². The first-order chi connectivity index (χ1) is 24.9. The molecule has 3 saturated carbocycles. The number of hydrogen-bond donors (Lipinski definition) is 0. The van der Waals surface area contributed by atoms with E-state index in [4.69, 9.17) is 0 Å². The Morgan fingerprint density at radius 3 is 1.84 bits per heavy atom. The Morgan fingerprint density at radius 2 is 1.12 bits per heavy atom. The van der Waals surface area contributed by atoms with Gasteiger partial charge < -0.3 is 19.2 Å². The van der Waals surface area contributed by atoms with Gasteiger partial charge in [-0.2, -0.15) is 0 Å². The molecule has 250 valence electrons. The third-order valence-corrected chi connectivity index (χ3v) is 18.5. The van der Waals surface area contributed by atoms with Crippen LogP contribution in [-0.4, -0.2) is 80.8 Å². The number of rotatable bonds is 0. The molecular formula is C42H44B2N4S2. The van der Waals surface area contributed by atoms with E-state index in [-0.39, 0.29) is 0 Å². The minimum atomic E-state index is 0.335. The molecule has 0 radical (unpaired) electrons. The number of fused-ring (bicyclic) bond motifs is 21. The maximum atomic E-state index is 3.22. The Morgan fingerprint density at radius 1 is 0.560 bits per heavy atom. The van der Waals surface area contributed by atoms with Gasteiger partial charge in [-0.3, -0.25) is 0 Å². The summed E-state index contributed by atoms with van der Waals surface area (Å²) in [5, 5.41) is 2.62. The molecule has 0 aromatic heterocycles. The SMILES string of the molecule is C1=CC2=C(CC1)c1ccccc1N1B2N2C3CCCCC3SC3C4C5C(SC6CCCCC6N5B5c6ccccc6-c6ccccc6N54)C1C32. The standard InChI is InChI=1S/C42H44B2N4S2/c1-5-17-29-25(13-1)27-15-3-7-19-31(27)45-37-39-42(49-35-23-11-9-21-33(35)47(39)43(29)45)38-40-41(37)50-36-24-12-10-22-34(36)48(40)44-30-18-6-2-14-26(30)28-16-4-8-20-32(28)46(38)44/h1,3-8,13,15-20,33-42H,2,9-12,14,21-24H2. The van der Waals surface area contributed by atoms with Gasteiger partial charge in [0.05, 0.1) is 0 Å². The second-order valence-corrected chi connectivity index (χ2v) is 19.7. The summed E-state index contributed by atoms with van der Waals surface area (Å²) in [6, 6.07) is 32.2. The third kappa shape index (κ3) is 3.54. The van der Waals surface area contributed by atoms with Crippen LogP contribution in [0.25, 0.3) is 16.7 Å². The van der Waals surface area contributed by atoms with E-state index in [0.29, 0.717) is 60.7 Å². The first kappa shape index (κ1) is 29.0. The topological polar surface area (TPSA) is 13.0 Å². The average molecular weight is 691 g/mol. The van der Waals surface area contributed by atoms with Crippen molar-refractivity contribution in [1.82, 2.24) is 9.62 Å². The molecule has 6 aliphatic heterocycles. The number of allylic oxidation sites excluding steroid dienone is 4. The Labute approximate surface area is 306 Å². The van der Waals surface area contributed by atoms with E-state index in [0.717, 1.165) is 10.5 Å². The van der Waals surface area contributed by atoms with Crippen LogP contribution in [0.4, 0.5) is 11.4 Å². The molecule has 6 heterocycles. The summed E-state index contributed by atoms with van der Waals surface area (Å²) in [5.41, 5.74) is 12.4. The van der Waals surface area contributed by atoms with Gasteiger partial charge in [-0.25, -0.2) is 0 Å². The molecule has 7 fully saturated rings. The number of thioether (sulfide) groups is 2. The highest BCUT2D eigenvalue weighted by atomic mass is 32.2. The van der Waals surface area contributed by atoms with Gasteiger partial charge in [-0.05, 0) is 78.3 Å². The van der Waals surface area contributed by atoms with Crippen LogP contribution in [0.1, 0.15) is 69.8 Å². The summed E-state index contributed by atoms with van der Waals surface area (Å²) in [5.74, 6) is 0. The molecule has 10 atom stereocenters. The van der Waals surface area contributed by atoms with E-state index >= 15 is 0 Å². The van der Waals surface area contributed by atoms with Crippen LogP contribution in [0, 0.1) is 0 Å². The predicted molar refractivity (Wildman–Crippen MR) is 213 cm³/mol. The van der Waals surface area contributed by atoms with Gasteiger partial charge in [0.1, 0.15) is 0 Å². The summed E-state index contributed by atoms with van der Waals surface area (Å²) in [6.45, 7) is 0.713. The van der Waals surface area contributed by atoms with Crippen molar-refractivity contribution in [2.24, 2.45) is 0 Å². The lowest BCUT2D eigenvalue weighted by atomic mass is 9.56. The van der Waals surface area contributed by atoms with E-state index < -0.39 is 0 Å². The monoisotopic (exact) mass is 690 g/mol. The highest BCUT2D eigenvalue weighted by Crippen LogP contribution is 2.63. The Balaban J connectivity index is 1.08. The molecule has 3 aromatic carbocycles. The first-order valence-electron chi connectivity index (χ1n) is 20.0. The smallest absolute Gasteiger partial charge is 0.380 e. The zero-order valence-corrected chi connectivity index (χ0v) is 30.3. The van der Waals surface area contributed by atoms with Crippen LogP contribution >= 0.6 is 23.5 Å². The molecule has 10 aliphatic rings. The van der Waals surface area contributed by atoms with Gasteiger partial charge >= 0.3 is 14.0 Å². The van der Waals surface area contributed by atoms with Crippen LogP contribution < -0.4 is 15.1 Å². The lowest BCUT2D eigenvalue weighted by molar-refractivity contribution is 0.114. The van der Waals surface area contributed by atoms with Gasteiger partial charge in [-0.1, -0.05) is 98.5 Å². The van der Waals surface area contributed by atoms with E-state index in [1.807, 2.05) is 0 Å². The summed E-state index contributed by atoms with van der Waals surface area (Å²) >= 11 is 4.96. The second-order valence-electron chi connectivity index (χ2n) is 16.9. The highest BCUT2D eigenvalue weighted by Gasteiger charge is 2.74. The molecule has 3 aromatic rings. The van der Waals surface area contributed by atoms with Gasteiger partial charge in [0.2, 0.25) is 0 Å². The largest absolute Gasteiger partial charge is 0.391 e. The molecule has 4 nitrogen and oxygen atoms in total. The fraction of sp³-hybridized carbons (Fsp3) is 0.476. The molecule has 4 aliphatic carbocycles. The Kier molecular flexibility index (Phi) is 6.12. The molecule has 0 amide bonds. The number of nitrogens with zero attached hydrogens (tertiary/aromatic N) is 4. The fourth-order valence-electron chi connectivity index (χ4n) is 13.4. The maximum Gasteiger partial charge on any atom is 0.380 e. The van der Waals surface area contributed by atoms with Crippen molar-refractivity contribution in [3.63, 3.8) is 0 Å². The van der Waals surface area contributed by atoms with E-state index in [1.54, 1.807) is 22.2 Å². The van der Waals surface area contributed by atoms with Crippen LogP contribution in [0.3, 0.4) is 0 Å². The number of hydrogen-bond acceptors (Lipinski definition) is 6. The average Bonchev–Trinajstić information content (AvgIpc) is 3.74. The van der Waals surface area contributed by atoms with Crippen molar-refractivity contribution in [1.29, 1.82) is 0 Å². The molecule has 0 spiro atoms. The summed E-state index contributed by atoms with van der Waals surface area (Å²) in [4.78, 5) is 12.6. The van der Waals surface area contributed by atoms with Crippen molar-refractivity contribution < 1.29 is 0 Å². The fourth-order valence-corrected chi connectivity index (χ4v) is 17.6. The highest BCUT2D eigenvalue weighted by molar-refractivity contribution is 8.01. The molecular weight excluding hydrogens is 646 g/mol. The normalized spacial score (nSPS) is 38.6. The lowest BCUT2D eigenvalue weighted by Gasteiger charge is -2.61. The summed E-state index contributed by atoms with van der Waals surface area (Å²) < 4.78 is 0. The van der Waals surface area contributed by atoms with Gasteiger partial charge in [0.25, 0.3) is 0 Å². The molecule has 0 N–H and O–H groups in total. The number of para-hydroxylation sites is 2. The van der Waals surface area contributed by atoms with Crippen LogP contribution in [0.5, 0.6) is 0 Å². The van der Waals surface area contributed by atoms with Crippen molar-refractivity contribution in [2.45, 2.75) is 121 Å². The van der Waals surface area contributed by atoms with E-state index in [2.05, 4.69) is 128 Å². The number of anilines is 2. The minimum Gasteiger partial charge on any atom is -0.391 e. The predicted octanol–water partition coefficient (Wildman–Crippen LogP) is 7.49. The van der Waals surface area contributed by atoms with Crippen LogP contribution in [0.15, 0.2) is 90.4 Å². The molecule has 8 heteroatoms. The minimum absolute atomic E-state index is 0.335. The van der Waals surface area contributed by atoms with Gasteiger partial charge in [0.15, 0.2) is 0 Å². The number of benzene rings is 3. The van der Waals surface area contributed by atoms with Crippen molar-refractivity contribution in [3.05, 3.63) is 96.0 Å². The zero-order valence-electron chi connectivity index (χ0n) is 28.7. The zero-order chi connectivity index (χ0) is 32.2. The molecule has 4 saturated heterocycles. The van der Waals surface area contributed by atoms with Crippen molar-refractivity contribution in [3.8, 4) is 11.1 Å². The molecule has 0 bridgehead atoms. The Bertz CT molecular complexity index is 2000. The van der Waals surface area contributed by atoms with E-state index in [1.165, 1.54) is 86.6 Å². The third-order valence-electron chi connectivity index (χ3n) is 14.9. The first-order valence-corrected chi connectivity index (χ1v) is 21.9. The molecule has 10 unspecified atom stereocenters. The molecule has 13 rings (SSSR count). The quantitative estimate of drug-likeness (QED) is 0.225. The molecule has 50 heavy (non-hydrogen) atoms.